The second-order valence-corrected chi connectivity index (χ2v) is 6.14. The van der Waals surface area contributed by atoms with Gasteiger partial charge >= 0.3 is 0 Å². The number of hydrogen-bond acceptors (Lipinski definition) is 3. The van der Waals surface area contributed by atoms with E-state index >= 15 is 0 Å². The smallest absolute Gasteiger partial charge is 0.192 e. The lowest BCUT2D eigenvalue weighted by molar-refractivity contribution is 0.171. The third kappa shape index (κ3) is 2.17. The summed E-state index contributed by atoms with van der Waals surface area (Å²) in [6.45, 7) is 7.37. The van der Waals surface area contributed by atoms with E-state index in [1.165, 1.54) is 16.3 Å². The minimum absolute atomic E-state index is 0.149. The Morgan fingerprint density at radius 3 is 2.67 bits per heavy atom. The van der Waals surface area contributed by atoms with Gasteiger partial charge in [-0.1, -0.05) is 43.3 Å². The molecule has 1 aliphatic heterocycles. The van der Waals surface area contributed by atoms with E-state index in [9.17, 15) is 0 Å². The minimum atomic E-state index is -0.149. The maximum atomic E-state index is 6.16. The Labute approximate surface area is 126 Å². The predicted molar refractivity (Wildman–Crippen MR) is 89.4 cm³/mol. The van der Waals surface area contributed by atoms with E-state index in [1.54, 1.807) is 0 Å². The van der Waals surface area contributed by atoms with Crippen LogP contribution in [0.2, 0.25) is 0 Å². The summed E-state index contributed by atoms with van der Waals surface area (Å²) in [6, 6.07) is 15.5. The van der Waals surface area contributed by atoms with Crippen LogP contribution in [0, 0.1) is 0 Å². The van der Waals surface area contributed by atoms with Crippen LogP contribution in [0.5, 0.6) is 0 Å². The summed E-state index contributed by atoms with van der Waals surface area (Å²) in [5.74, 6) is 0.667. The lowest BCUT2D eigenvalue weighted by atomic mass is 9.88. The van der Waals surface area contributed by atoms with Crippen LogP contribution in [0.4, 0.5) is 0 Å². The summed E-state index contributed by atoms with van der Waals surface area (Å²) in [7, 11) is 0. The Hall–Kier alpha value is -2.03. The van der Waals surface area contributed by atoms with Gasteiger partial charge in [0.25, 0.3) is 0 Å². The molecule has 0 aromatic heterocycles. The molecule has 0 aliphatic carbocycles. The third-order valence-electron chi connectivity index (χ3n) is 4.73. The van der Waals surface area contributed by atoms with Crippen LogP contribution in [-0.4, -0.2) is 23.4 Å². The van der Waals surface area contributed by atoms with E-state index in [2.05, 4.69) is 73.1 Å². The number of fused-ring (bicyclic) bond motifs is 1. The van der Waals surface area contributed by atoms with Gasteiger partial charge in [0.2, 0.25) is 0 Å². The van der Waals surface area contributed by atoms with Crippen molar-refractivity contribution in [3.8, 4) is 0 Å². The SMILES string of the molecule is CCC(C)N1C(N)=NCC1(C)c1ccc2ccccc2c1. The van der Waals surface area contributed by atoms with Gasteiger partial charge in [-0.3, -0.25) is 4.99 Å². The first-order chi connectivity index (χ1) is 10.1. The van der Waals surface area contributed by atoms with Crippen LogP contribution in [0.1, 0.15) is 32.8 Å². The van der Waals surface area contributed by atoms with E-state index in [-0.39, 0.29) is 5.54 Å². The number of nitrogens with two attached hydrogens (primary N) is 1. The molecule has 2 aromatic carbocycles. The summed E-state index contributed by atoms with van der Waals surface area (Å²) in [6.07, 6.45) is 1.05. The Morgan fingerprint density at radius 2 is 1.95 bits per heavy atom. The van der Waals surface area contributed by atoms with Crippen molar-refractivity contribution in [2.75, 3.05) is 6.54 Å². The molecule has 0 saturated heterocycles. The molecule has 3 heteroatoms. The van der Waals surface area contributed by atoms with Gasteiger partial charge in [0, 0.05) is 6.04 Å². The molecule has 2 unspecified atom stereocenters. The maximum Gasteiger partial charge on any atom is 0.192 e. The lowest BCUT2D eigenvalue weighted by Crippen LogP contribution is -2.51. The molecule has 2 N–H and O–H groups in total. The van der Waals surface area contributed by atoms with Gasteiger partial charge in [0.1, 0.15) is 0 Å². The topological polar surface area (TPSA) is 41.6 Å². The van der Waals surface area contributed by atoms with Crippen molar-refractivity contribution >= 4 is 16.7 Å². The van der Waals surface area contributed by atoms with Gasteiger partial charge in [-0.25, -0.2) is 0 Å². The van der Waals surface area contributed by atoms with Crippen LogP contribution in [-0.2, 0) is 5.54 Å². The van der Waals surface area contributed by atoms with Crippen molar-refractivity contribution in [1.29, 1.82) is 0 Å². The summed E-state index contributed by atoms with van der Waals surface area (Å²) < 4.78 is 0. The summed E-state index contributed by atoms with van der Waals surface area (Å²) in [5.41, 5.74) is 7.29. The molecule has 2 atom stereocenters. The molecule has 0 bridgehead atoms. The van der Waals surface area contributed by atoms with Gasteiger partial charge in [-0.05, 0) is 42.7 Å². The fraction of sp³-hybridized carbons (Fsp3) is 0.389. The highest BCUT2D eigenvalue weighted by Gasteiger charge is 2.41. The van der Waals surface area contributed by atoms with Gasteiger partial charge in [0.15, 0.2) is 5.96 Å². The Balaban J connectivity index is 2.07. The lowest BCUT2D eigenvalue weighted by Gasteiger charge is -2.40. The van der Waals surface area contributed by atoms with Gasteiger partial charge in [0.05, 0.1) is 12.1 Å². The van der Waals surface area contributed by atoms with Crippen LogP contribution < -0.4 is 5.73 Å². The fourth-order valence-electron chi connectivity index (χ4n) is 3.29. The quantitative estimate of drug-likeness (QED) is 0.935. The van der Waals surface area contributed by atoms with Gasteiger partial charge in [-0.2, -0.15) is 0 Å². The Bertz CT molecular complexity index is 692. The van der Waals surface area contributed by atoms with Gasteiger partial charge < -0.3 is 10.6 Å². The number of hydrogen-bond donors (Lipinski definition) is 1. The average Bonchev–Trinajstić information content (AvgIpc) is 2.82. The zero-order valence-corrected chi connectivity index (χ0v) is 13.0. The number of benzene rings is 2. The molecule has 0 radical (unpaired) electrons. The van der Waals surface area contributed by atoms with Crippen LogP contribution in [0.3, 0.4) is 0 Å². The van der Waals surface area contributed by atoms with Crippen molar-refractivity contribution in [3.63, 3.8) is 0 Å². The van der Waals surface area contributed by atoms with E-state index in [0.717, 1.165) is 13.0 Å². The average molecular weight is 281 g/mol. The van der Waals surface area contributed by atoms with Crippen LogP contribution in [0.15, 0.2) is 47.5 Å². The molecular formula is C18H23N3. The highest BCUT2D eigenvalue weighted by Crippen LogP contribution is 2.36. The highest BCUT2D eigenvalue weighted by atomic mass is 15.4. The predicted octanol–water partition coefficient (Wildman–Crippen LogP) is 3.48. The number of rotatable bonds is 3. The van der Waals surface area contributed by atoms with E-state index in [1.807, 2.05) is 0 Å². The number of nitrogens with zero attached hydrogens (tertiary/aromatic N) is 2. The van der Waals surface area contributed by atoms with Crippen molar-refractivity contribution < 1.29 is 0 Å². The van der Waals surface area contributed by atoms with E-state index in [0.29, 0.717) is 12.0 Å². The Kier molecular flexibility index (Phi) is 3.36. The van der Waals surface area contributed by atoms with Crippen LogP contribution >= 0.6 is 0 Å². The maximum absolute atomic E-state index is 6.16. The van der Waals surface area contributed by atoms with Crippen molar-refractivity contribution in [1.82, 2.24) is 4.90 Å². The van der Waals surface area contributed by atoms with Crippen LogP contribution in [0.25, 0.3) is 10.8 Å². The molecule has 21 heavy (non-hydrogen) atoms. The van der Waals surface area contributed by atoms with Crippen molar-refractivity contribution in [2.45, 2.75) is 38.8 Å². The zero-order chi connectivity index (χ0) is 15.0. The largest absolute Gasteiger partial charge is 0.370 e. The first-order valence-corrected chi connectivity index (χ1v) is 7.65. The second-order valence-electron chi connectivity index (χ2n) is 6.14. The van der Waals surface area contributed by atoms with Crippen molar-refractivity contribution in [3.05, 3.63) is 48.0 Å². The van der Waals surface area contributed by atoms with Gasteiger partial charge in [-0.15, -0.1) is 0 Å². The Morgan fingerprint density at radius 1 is 1.24 bits per heavy atom. The molecular weight excluding hydrogens is 258 g/mol. The molecule has 3 nitrogen and oxygen atoms in total. The molecule has 1 aliphatic rings. The summed E-state index contributed by atoms with van der Waals surface area (Å²) in [5, 5.41) is 2.54. The monoisotopic (exact) mass is 281 g/mol. The second kappa shape index (κ2) is 5.06. The molecule has 110 valence electrons. The third-order valence-corrected chi connectivity index (χ3v) is 4.73. The first-order valence-electron chi connectivity index (χ1n) is 7.65. The first kappa shape index (κ1) is 13.9. The molecule has 0 fully saturated rings. The molecule has 0 saturated carbocycles. The minimum Gasteiger partial charge on any atom is -0.370 e. The van der Waals surface area contributed by atoms with E-state index in [4.69, 9.17) is 5.73 Å². The van der Waals surface area contributed by atoms with E-state index < -0.39 is 0 Å². The zero-order valence-electron chi connectivity index (χ0n) is 13.0. The number of aliphatic imine (C=N–C) groups is 1. The highest BCUT2D eigenvalue weighted by molar-refractivity contribution is 5.85. The molecule has 0 spiro atoms. The molecule has 3 rings (SSSR count). The summed E-state index contributed by atoms with van der Waals surface area (Å²) in [4.78, 5) is 6.79. The normalized spacial score (nSPS) is 23.4. The summed E-state index contributed by atoms with van der Waals surface area (Å²) >= 11 is 0. The molecule has 0 amide bonds. The van der Waals surface area contributed by atoms with Crippen molar-refractivity contribution in [2.24, 2.45) is 10.7 Å². The molecule has 1 heterocycles. The number of guanidine groups is 1. The fourth-order valence-corrected chi connectivity index (χ4v) is 3.29. The standard InChI is InChI=1S/C18H23N3/c1-4-13(2)21-17(19)20-12-18(21,3)16-10-9-14-7-5-6-8-15(14)11-16/h5-11,13H,4,12H2,1-3H3,(H2,19,20). The molecule has 2 aromatic rings.